The molecule has 1 aromatic carbocycles. The number of carbonyl (C=O) groups excluding carboxylic acids is 2. The molecule has 4 rings (SSSR count). The quantitative estimate of drug-likeness (QED) is 0.523. The van der Waals surface area contributed by atoms with Crippen LogP contribution in [0.15, 0.2) is 35.7 Å². The second-order valence-corrected chi connectivity index (χ2v) is 10.4. The number of ether oxygens (including phenoxy) is 1. The number of hydrogen-bond donors (Lipinski definition) is 0. The highest BCUT2D eigenvalue weighted by molar-refractivity contribution is 7.10. The van der Waals surface area contributed by atoms with E-state index < -0.39 is 0 Å². The van der Waals surface area contributed by atoms with Gasteiger partial charge in [-0.3, -0.25) is 9.59 Å². The smallest absolute Gasteiger partial charge is 0.242 e. The van der Waals surface area contributed by atoms with Gasteiger partial charge >= 0.3 is 0 Å². The van der Waals surface area contributed by atoms with Gasteiger partial charge in [-0.25, -0.2) is 0 Å². The lowest BCUT2D eigenvalue weighted by Gasteiger charge is -2.38. The second-order valence-electron chi connectivity index (χ2n) is 9.43. The third-order valence-corrected chi connectivity index (χ3v) is 8.32. The number of aryl methyl sites for hydroxylation is 1. The summed E-state index contributed by atoms with van der Waals surface area (Å²) in [5.74, 6) is 1.12. The largest absolute Gasteiger partial charge is 0.491 e. The Bertz CT molecular complexity index is 966. The Hall–Kier alpha value is -2.34. The van der Waals surface area contributed by atoms with E-state index in [0.29, 0.717) is 13.2 Å². The van der Waals surface area contributed by atoms with Crippen molar-refractivity contribution in [1.29, 1.82) is 0 Å². The summed E-state index contributed by atoms with van der Waals surface area (Å²) in [4.78, 5) is 32.1. The van der Waals surface area contributed by atoms with Crippen LogP contribution < -0.4 is 4.74 Å². The van der Waals surface area contributed by atoms with Crippen molar-refractivity contribution in [3.05, 3.63) is 51.7 Å². The van der Waals surface area contributed by atoms with Crippen molar-refractivity contribution in [3.8, 4) is 5.75 Å². The summed E-state index contributed by atoms with van der Waals surface area (Å²) in [6, 6.07) is 10.0. The van der Waals surface area contributed by atoms with Crippen LogP contribution >= 0.6 is 11.3 Å². The zero-order valence-electron chi connectivity index (χ0n) is 20.1. The van der Waals surface area contributed by atoms with Gasteiger partial charge in [0.15, 0.2) is 0 Å². The Morgan fingerprint density at radius 2 is 1.97 bits per heavy atom. The number of amides is 2. The maximum Gasteiger partial charge on any atom is 0.242 e. The summed E-state index contributed by atoms with van der Waals surface area (Å²) >= 11 is 1.75. The number of thiophene rings is 1. The molecule has 2 aromatic rings. The van der Waals surface area contributed by atoms with E-state index >= 15 is 0 Å². The molecule has 0 saturated heterocycles. The van der Waals surface area contributed by atoms with Crippen LogP contribution in [-0.4, -0.2) is 47.4 Å². The summed E-state index contributed by atoms with van der Waals surface area (Å²) in [6.07, 6.45) is 5.84. The second kappa shape index (κ2) is 10.7. The molecule has 178 valence electrons. The van der Waals surface area contributed by atoms with E-state index in [2.05, 4.69) is 25.3 Å². The van der Waals surface area contributed by atoms with Crippen molar-refractivity contribution in [2.45, 2.75) is 71.4 Å². The van der Waals surface area contributed by atoms with Gasteiger partial charge in [-0.1, -0.05) is 38.0 Å². The fraction of sp³-hybridized carbons (Fsp3) is 0.556. The molecule has 2 heterocycles. The molecular weight excluding hydrogens is 432 g/mol. The number of rotatable bonds is 8. The molecule has 1 saturated carbocycles. The zero-order chi connectivity index (χ0) is 23.4. The number of fused-ring (bicyclic) bond motifs is 1. The highest BCUT2D eigenvalue weighted by atomic mass is 32.1. The molecule has 0 unspecified atom stereocenters. The molecule has 0 spiro atoms. The molecule has 2 amide bonds. The molecule has 0 radical (unpaired) electrons. The first-order valence-corrected chi connectivity index (χ1v) is 13.2. The van der Waals surface area contributed by atoms with E-state index in [0.717, 1.165) is 49.8 Å². The molecule has 2 atom stereocenters. The lowest BCUT2D eigenvalue weighted by molar-refractivity contribution is -0.146. The van der Waals surface area contributed by atoms with Crippen molar-refractivity contribution in [2.24, 2.45) is 5.92 Å². The van der Waals surface area contributed by atoms with Crippen molar-refractivity contribution in [1.82, 2.24) is 9.80 Å². The molecule has 5 nitrogen and oxygen atoms in total. The highest BCUT2D eigenvalue weighted by Crippen LogP contribution is 2.35. The topological polar surface area (TPSA) is 49.9 Å². The molecule has 1 aromatic heterocycles. The fourth-order valence-electron chi connectivity index (χ4n) is 5.08. The average Bonchev–Trinajstić information content (AvgIpc) is 3.53. The maximum absolute atomic E-state index is 13.6. The van der Waals surface area contributed by atoms with Gasteiger partial charge in [-0.05, 0) is 68.2 Å². The van der Waals surface area contributed by atoms with Gasteiger partial charge in [0.1, 0.15) is 18.9 Å². The minimum absolute atomic E-state index is 0.0249. The van der Waals surface area contributed by atoms with Crippen LogP contribution in [0, 0.1) is 12.8 Å². The van der Waals surface area contributed by atoms with E-state index in [1.54, 1.807) is 11.3 Å². The molecule has 1 fully saturated rings. The van der Waals surface area contributed by atoms with Gasteiger partial charge in [-0.15, -0.1) is 11.3 Å². The van der Waals surface area contributed by atoms with Crippen molar-refractivity contribution < 1.29 is 14.3 Å². The van der Waals surface area contributed by atoms with Crippen molar-refractivity contribution in [3.63, 3.8) is 0 Å². The summed E-state index contributed by atoms with van der Waals surface area (Å²) in [5.41, 5.74) is 2.27. The number of carbonyl (C=O) groups is 2. The lowest BCUT2D eigenvalue weighted by atomic mass is 10.00. The number of para-hydroxylation sites is 1. The SMILES string of the molecule is CC[C@@H](C)N(CC(=O)N1CCc2sccc2[C@H]1COc1ccccc1C)C(=O)C1CCCC1. The minimum atomic E-state index is -0.132. The Labute approximate surface area is 201 Å². The Balaban J connectivity index is 1.52. The minimum Gasteiger partial charge on any atom is -0.491 e. The molecule has 33 heavy (non-hydrogen) atoms. The van der Waals surface area contributed by atoms with Gasteiger partial charge < -0.3 is 14.5 Å². The van der Waals surface area contributed by atoms with Gasteiger partial charge in [0, 0.05) is 23.4 Å². The summed E-state index contributed by atoms with van der Waals surface area (Å²) in [7, 11) is 0. The predicted molar refractivity (Wildman–Crippen MR) is 133 cm³/mol. The molecule has 0 bridgehead atoms. The van der Waals surface area contributed by atoms with Crippen LogP contribution in [0.3, 0.4) is 0 Å². The van der Waals surface area contributed by atoms with Gasteiger partial charge in [0.05, 0.1) is 6.04 Å². The molecule has 1 aliphatic carbocycles. The van der Waals surface area contributed by atoms with Crippen LogP contribution in [0.5, 0.6) is 5.75 Å². The Kier molecular flexibility index (Phi) is 7.74. The summed E-state index contributed by atoms with van der Waals surface area (Å²) in [6.45, 7) is 7.42. The molecule has 1 aliphatic heterocycles. The standard InChI is InChI=1S/C27H36N2O3S/c1-4-20(3)29(27(31)21-10-6-7-11-21)17-26(30)28-15-13-25-22(14-16-33-25)23(28)18-32-24-12-8-5-9-19(24)2/h5,8-9,12,14,16,20-21,23H,4,6-7,10-11,13,15,17-18H2,1-3H3/t20-,23-/m1/s1. The van der Waals surface area contributed by atoms with Gasteiger partial charge in [-0.2, -0.15) is 0 Å². The average molecular weight is 469 g/mol. The highest BCUT2D eigenvalue weighted by Gasteiger charge is 2.36. The first kappa shape index (κ1) is 23.8. The first-order chi connectivity index (χ1) is 16.0. The molecule has 0 N–H and O–H groups in total. The van der Waals surface area contributed by atoms with Crippen LogP contribution in [0.25, 0.3) is 0 Å². The third kappa shape index (κ3) is 5.26. The van der Waals surface area contributed by atoms with Crippen LogP contribution in [0.2, 0.25) is 0 Å². The van der Waals surface area contributed by atoms with Crippen molar-refractivity contribution >= 4 is 23.2 Å². The normalized spacial score (nSPS) is 19.2. The summed E-state index contributed by atoms with van der Waals surface area (Å²) in [5, 5.41) is 2.11. The van der Waals surface area contributed by atoms with Crippen LogP contribution in [-0.2, 0) is 16.0 Å². The molecular formula is C27H36N2O3S. The lowest BCUT2D eigenvalue weighted by Crippen LogP contribution is -2.51. The van der Waals surface area contributed by atoms with E-state index in [-0.39, 0.29) is 36.4 Å². The van der Waals surface area contributed by atoms with E-state index in [1.807, 2.05) is 41.0 Å². The Morgan fingerprint density at radius 3 is 2.70 bits per heavy atom. The zero-order valence-corrected chi connectivity index (χ0v) is 20.9. The van der Waals surface area contributed by atoms with Gasteiger partial charge in [0.2, 0.25) is 11.8 Å². The van der Waals surface area contributed by atoms with E-state index in [9.17, 15) is 9.59 Å². The number of benzene rings is 1. The third-order valence-electron chi connectivity index (χ3n) is 7.32. The van der Waals surface area contributed by atoms with Gasteiger partial charge in [0.25, 0.3) is 0 Å². The van der Waals surface area contributed by atoms with Crippen molar-refractivity contribution in [2.75, 3.05) is 19.7 Å². The van der Waals surface area contributed by atoms with E-state index in [1.165, 1.54) is 10.4 Å². The van der Waals surface area contributed by atoms with Crippen LogP contribution in [0.1, 0.15) is 68.0 Å². The fourth-order valence-corrected chi connectivity index (χ4v) is 6.01. The number of hydrogen-bond acceptors (Lipinski definition) is 4. The summed E-state index contributed by atoms with van der Waals surface area (Å²) < 4.78 is 6.22. The number of nitrogens with zero attached hydrogens (tertiary/aromatic N) is 2. The van der Waals surface area contributed by atoms with Crippen LogP contribution in [0.4, 0.5) is 0 Å². The first-order valence-electron chi connectivity index (χ1n) is 12.3. The molecule has 6 heteroatoms. The van der Waals surface area contributed by atoms with E-state index in [4.69, 9.17) is 4.74 Å². The Morgan fingerprint density at radius 1 is 1.21 bits per heavy atom. The predicted octanol–water partition coefficient (Wildman–Crippen LogP) is 5.38. The molecule has 2 aliphatic rings. The monoisotopic (exact) mass is 468 g/mol. The maximum atomic E-state index is 13.6.